The van der Waals surface area contributed by atoms with Gasteiger partial charge >= 0.3 is 6.18 Å². The Labute approximate surface area is 156 Å². The van der Waals surface area contributed by atoms with Crippen molar-refractivity contribution in [2.75, 3.05) is 51.1 Å². The normalized spacial score (nSPS) is 20.1. The van der Waals surface area contributed by atoms with E-state index in [-0.39, 0.29) is 12.5 Å². The highest BCUT2D eigenvalue weighted by atomic mass is 19.4. The maximum Gasteiger partial charge on any atom is 0.405 e. The minimum absolute atomic E-state index is 0.0272. The van der Waals surface area contributed by atoms with Gasteiger partial charge in [-0.15, -0.1) is 0 Å². The highest BCUT2D eigenvalue weighted by molar-refractivity contribution is 5.92. The quantitative estimate of drug-likeness (QED) is 0.467. The van der Waals surface area contributed by atoms with Crippen LogP contribution >= 0.6 is 0 Å². The van der Waals surface area contributed by atoms with E-state index in [2.05, 4.69) is 5.32 Å². The lowest BCUT2D eigenvalue weighted by atomic mass is 10.1. The predicted octanol–water partition coefficient (Wildman–Crippen LogP) is -1.35. The Morgan fingerprint density at radius 3 is 2.11 bits per heavy atom. The Hall–Kier alpha value is -2.13. The molecule has 1 heterocycles. The summed E-state index contributed by atoms with van der Waals surface area (Å²) in [4.78, 5) is 25.9. The number of alkyl halides is 3. The Balaban J connectivity index is 1.71. The Morgan fingerprint density at radius 2 is 1.56 bits per heavy atom. The van der Waals surface area contributed by atoms with Crippen molar-refractivity contribution in [3.05, 3.63) is 29.8 Å². The van der Waals surface area contributed by atoms with Gasteiger partial charge in [-0.05, 0) is 18.1 Å². The summed E-state index contributed by atoms with van der Waals surface area (Å²) in [5, 5.41) is 4.84. The smallest absolute Gasteiger partial charge is 0.342 e. The molecule has 150 valence electrons. The molecule has 27 heavy (non-hydrogen) atoms. The second-order valence-corrected chi connectivity index (χ2v) is 6.80. The highest BCUT2D eigenvalue weighted by Gasteiger charge is 2.30. The summed E-state index contributed by atoms with van der Waals surface area (Å²) in [6.45, 7) is 3.79. The third-order valence-corrected chi connectivity index (χ3v) is 4.64. The monoisotopic (exact) mass is 388 g/mol. The first kappa shape index (κ1) is 21.2. The molecule has 2 rings (SSSR count). The fourth-order valence-electron chi connectivity index (χ4n) is 3.17. The molecule has 0 aromatic heterocycles. The summed E-state index contributed by atoms with van der Waals surface area (Å²) in [6.07, 6.45) is -3.56. The van der Waals surface area contributed by atoms with Crippen LogP contribution in [-0.2, 0) is 16.0 Å². The number of aryl methyl sites for hydroxylation is 1. The third-order valence-electron chi connectivity index (χ3n) is 4.64. The van der Waals surface area contributed by atoms with Gasteiger partial charge in [0.1, 0.15) is 32.7 Å². The molecule has 1 aromatic carbocycles. The second kappa shape index (κ2) is 9.70. The van der Waals surface area contributed by atoms with Gasteiger partial charge in [0.25, 0.3) is 11.8 Å². The molecule has 9 heteroatoms. The van der Waals surface area contributed by atoms with E-state index in [4.69, 9.17) is 0 Å². The molecular weight excluding hydrogens is 361 g/mol. The average Bonchev–Trinajstić information content (AvgIpc) is 2.61. The molecule has 0 spiro atoms. The van der Waals surface area contributed by atoms with Crippen LogP contribution in [0, 0.1) is 0 Å². The van der Waals surface area contributed by atoms with Crippen molar-refractivity contribution in [2.24, 2.45) is 0 Å². The number of hydrogen-bond donors (Lipinski definition) is 4. The topological polar surface area (TPSA) is 67.1 Å². The standard InChI is InChI=1S/C18H25F3N4O2/c1-2-14-5-3-4-6-15(14)23-17(27)12-25-9-7-24(8-10-25)11-16(26)22-13-18(19,20)21/h3-6H,2,7-13H2,1H3,(H,22,26)(H,23,27)/p+2. The molecule has 1 aliphatic heterocycles. The maximum absolute atomic E-state index is 12.3. The first-order valence-electron chi connectivity index (χ1n) is 9.15. The summed E-state index contributed by atoms with van der Waals surface area (Å²) in [5.41, 5.74) is 1.91. The lowest BCUT2D eigenvalue weighted by Gasteiger charge is -2.29. The molecule has 1 aliphatic rings. The Bertz CT molecular complexity index is 644. The van der Waals surface area contributed by atoms with E-state index < -0.39 is 18.6 Å². The molecular formula is C18H27F3N4O2+2. The van der Waals surface area contributed by atoms with Crippen LogP contribution in [-0.4, -0.2) is 63.8 Å². The zero-order valence-electron chi connectivity index (χ0n) is 15.4. The van der Waals surface area contributed by atoms with Crippen molar-refractivity contribution in [3.63, 3.8) is 0 Å². The molecule has 2 amide bonds. The predicted molar refractivity (Wildman–Crippen MR) is 94.6 cm³/mol. The number of nitrogens with one attached hydrogen (secondary N) is 4. The van der Waals surface area contributed by atoms with E-state index in [0.717, 1.165) is 27.5 Å². The van der Waals surface area contributed by atoms with Gasteiger partial charge < -0.3 is 20.4 Å². The number of hydrogen-bond acceptors (Lipinski definition) is 2. The van der Waals surface area contributed by atoms with Gasteiger partial charge in [0.15, 0.2) is 13.1 Å². The highest BCUT2D eigenvalue weighted by Crippen LogP contribution is 2.14. The van der Waals surface area contributed by atoms with Crippen molar-refractivity contribution in [1.29, 1.82) is 0 Å². The molecule has 0 aliphatic carbocycles. The fraction of sp³-hybridized carbons (Fsp3) is 0.556. The van der Waals surface area contributed by atoms with Crippen LogP contribution in [0.2, 0.25) is 0 Å². The van der Waals surface area contributed by atoms with Gasteiger partial charge in [-0.25, -0.2) is 0 Å². The van der Waals surface area contributed by atoms with Crippen LogP contribution in [0.25, 0.3) is 0 Å². The molecule has 0 saturated carbocycles. The van der Waals surface area contributed by atoms with Gasteiger partial charge in [0, 0.05) is 5.69 Å². The lowest BCUT2D eigenvalue weighted by molar-refractivity contribution is -1.00. The average molecular weight is 388 g/mol. The molecule has 1 saturated heterocycles. The number of anilines is 1. The molecule has 0 radical (unpaired) electrons. The van der Waals surface area contributed by atoms with Gasteiger partial charge in [0.05, 0.1) is 0 Å². The van der Waals surface area contributed by atoms with Gasteiger partial charge in [-0.3, -0.25) is 9.59 Å². The number of amides is 2. The zero-order chi connectivity index (χ0) is 19.9. The molecule has 4 N–H and O–H groups in total. The third kappa shape index (κ3) is 7.56. The van der Waals surface area contributed by atoms with Crippen molar-refractivity contribution in [2.45, 2.75) is 19.5 Å². The van der Waals surface area contributed by atoms with Crippen molar-refractivity contribution >= 4 is 17.5 Å². The van der Waals surface area contributed by atoms with E-state index in [1.54, 1.807) is 0 Å². The fourth-order valence-corrected chi connectivity index (χ4v) is 3.17. The summed E-state index contributed by atoms with van der Waals surface area (Å²) < 4.78 is 36.3. The van der Waals surface area contributed by atoms with Crippen LogP contribution in [0.3, 0.4) is 0 Å². The summed E-state index contributed by atoms with van der Waals surface area (Å²) in [6, 6.07) is 7.68. The number of para-hydroxylation sites is 1. The van der Waals surface area contributed by atoms with Crippen molar-refractivity contribution in [3.8, 4) is 0 Å². The van der Waals surface area contributed by atoms with Gasteiger partial charge in [-0.2, -0.15) is 13.2 Å². The number of rotatable bonds is 7. The van der Waals surface area contributed by atoms with E-state index in [0.29, 0.717) is 32.7 Å². The summed E-state index contributed by atoms with van der Waals surface area (Å²) in [7, 11) is 0. The first-order chi connectivity index (χ1) is 12.8. The number of carbonyl (C=O) groups excluding carboxylic acids is 2. The molecule has 6 nitrogen and oxygen atoms in total. The number of quaternary nitrogens is 2. The molecule has 0 unspecified atom stereocenters. The van der Waals surface area contributed by atoms with Crippen LogP contribution in [0.1, 0.15) is 12.5 Å². The van der Waals surface area contributed by atoms with Crippen LogP contribution in [0.4, 0.5) is 18.9 Å². The van der Waals surface area contributed by atoms with E-state index in [9.17, 15) is 22.8 Å². The molecule has 0 atom stereocenters. The van der Waals surface area contributed by atoms with E-state index in [1.807, 2.05) is 36.5 Å². The molecule has 1 fully saturated rings. The van der Waals surface area contributed by atoms with Crippen LogP contribution in [0.15, 0.2) is 24.3 Å². The van der Waals surface area contributed by atoms with Crippen molar-refractivity contribution in [1.82, 2.24) is 5.32 Å². The van der Waals surface area contributed by atoms with Gasteiger partial charge in [-0.1, -0.05) is 25.1 Å². The first-order valence-corrected chi connectivity index (χ1v) is 9.15. The van der Waals surface area contributed by atoms with Crippen molar-refractivity contribution < 1.29 is 32.6 Å². The summed E-state index contributed by atoms with van der Waals surface area (Å²) in [5.74, 6) is -0.656. The second-order valence-electron chi connectivity index (χ2n) is 6.80. The largest absolute Gasteiger partial charge is 0.405 e. The minimum Gasteiger partial charge on any atom is -0.342 e. The van der Waals surface area contributed by atoms with Crippen LogP contribution in [0.5, 0.6) is 0 Å². The van der Waals surface area contributed by atoms with Crippen LogP contribution < -0.4 is 20.4 Å². The molecule has 0 bridgehead atoms. The number of carbonyl (C=O) groups is 2. The zero-order valence-corrected chi connectivity index (χ0v) is 15.4. The van der Waals surface area contributed by atoms with E-state index >= 15 is 0 Å². The number of benzene rings is 1. The van der Waals surface area contributed by atoms with Gasteiger partial charge in [0.2, 0.25) is 0 Å². The summed E-state index contributed by atoms with van der Waals surface area (Å²) >= 11 is 0. The number of halogens is 3. The Morgan fingerprint density at radius 1 is 1.00 bits per heavy atom. The minimum atomic E-state index is -4.39. The Kier molecular flexibility index (Phi) is 7.61. The number of piperazine rings is 1. The molecule has 1 aromatic rings. The SMILES string of the molecule is CCc1ccccc1NC(=O)C[NH+]1CC[NH+](CC(=O)NCC(F)(F)F)CC1. The maximum atomic E-state index is 12.3. The van der Waals surface area contributed by atoms with E-state index in [1.165, 1.54) is 0 Å². The lowest BCUT2D eigenvalue weighted by Crippen LogP contribution is -3.28.